The molecule has 12 rings (SSSR count). The van der Waals surface area contributed by atoms with Crippen LogP contribution >= 0.6 is 25.7 Å². The number of rotatable bonds is 17. The Labute approximate surface area is 484 Å². The summed E-state index contributed by atoms with van der Waals surface area (Å²) in [4.78, 5) is 36.0. The number of hydrogen-bond donors (Lipinski definition) is 2. The maximum Gasteiger partial charge on any atom is 0.389 e. The Hall–Kier alpha value is -6.59. The van der Waals surface area contributed by atoms with Gasteiger partial charge in [0.1, 0.15) is 47.5 Å². The number of nitrogens with zero attached hydrogens (tertiary/aromatic N) is 11. The van der Waals surface area contributed by atoms with E-state index in [0.717, 1.165) is 52.6 Å². The first kappa shape index (κ1) is 57.8. The van der Waals surface area contributed by atoms with Crippen molar-refractivity contribution in [1.82, 2.24) is 49.0 Å². The van der Waals surface area contributed by atoms with Crippen molar-refractivity contribution in [1.29, 1.82) is 0 Å². The lowest BCUT2D eigenvalue weighted by molar-refractivity contribution is -0.118. The van der Waals surface area contributed by atoms with E-state index in [1.54, 1.807) is 6.07 Å². The van der Waals surface area contributed by atoms with Crippen LogP contribution in [-0.4, -0.2) is 146 Å². The summed E-state index contributed by atoms with van der Waals surface area (Å²) in [6.07, 6.45) is -7.36. The fourth-order valence-corrected chi connectivity index (χ4v) is 15.0. The molecule has 440 valence electrons. The van der Waals surface area contributed by atoms with Gasteiger partial charge in [-0.15, -0.1) is 5.10 Å². The van der Waals surface area contributed by atoms with E-state index < -0.39 is 76.7 Å². The second-order valence-electron chi connectivity index (χ2n) is 20.2. The van der Waals surface area contributed by atoms with Gasteiger partial charge in [0.25, 0.3) is 15.0 Å². The second kappa shape index (κ2) is 24.8. The van der Waals surface area contributed by atoms with E-state index in [1.165, 1.54) is 34.3 Å². The molecule has 0 spiro atoms. The molecule has 0 saturated carbocycles. The molecular formula is C53H58BF2N13O12P2S. The first-order chi connectivity index (χ1) is 40.8. The van der Waals surface area contributed by atoms with Crippen LogP contribution in [-0.2, 0) is 81.2 Å². The van der Waals surface area contributed by atoms with Gasteiger partial charge in [-0.1, -0.05) is 78.9 Å². The molecule has 9 heterocycles. The number of aromatic nitrogens is 10. The number of pyridine rings is 1. The number of anilines is 3. The number of carbonyl (C=O) groups excluding carboxylic acids is 1. The van der Waals surface area contributed by atoms with Crippen LogP contribution in [0.2, 0.25) is 0 Å². The highest BCUT2D eigenvalue weighted by molar-refractivity contribution is 8.54. The summed E-state index contributed by atoms with van der Waals surface area (Å²) >= 11 is 0.770. The van der Waals surface area contributed by atoms with Crippen LogP contribution in [0.15, 0.2) is 104 Å². The Bertz CT molecular complexity index is 3780. The van der Waals surface area contributed by atoms with Crippen molar-refractivity contribution in [2.45, 2.75) is 88.0 Å². The number of carbonyl (C=O) groups is 1. The van der Waals surface area contributed by atoms with E-state index in [9.17, 15) is 9.36 Å². The summed E-state index contributed by atoms with van der Waals surface area (Å²) in [5.74, 6) is 0.126. The zero-order valence-corrected chi connectivity index (χ0v) is 48.1. The van der Waals surface area contributed by atoms with Crippen LogP contribution in [0.3, 0.4) is 0 Å². The molecule has 3 aromatic carbocycles. The number of benzene rings is 3. The van der Waals surface area contributed by atoms with E-state index >= 15 is 13.3 Å². The fourth-order valence-electron chi connectivity index (χ4n) is 10.5. The van der Waals surface area contributed by atoms with Crippen LogP contribution in [0.25, 0.3) is 44.8 Å². The highest BCUT2D eigenvalue weighted by Gasteiger charge is 2.55. The third kappa shape index (κ3) is 11.9. The first-order valence-corrected chi connectivity index (χ1v) is 32.2. The maximum atomic E-state index is 17.0. The van der Waals surface area contributed by atoms with Gasteiger partial charge in [-0.05, 0) is 40.2 Å². The van der Waals surface area contributed by atoms with Crippen LogP contribution < -0.4 is 16.4 Å². The van der Waals surface area contributed by atoms with Crippen molar-refractivity contribution in [3.8, 4) is 22.5 Å². The summed E-state index contributed by atoms with van der Waals surface area (Å²) in [5, 5.41) is 9.14. The molecule has 0 radical (unpaired) electrons. The lowest BCUT2D eigenvalue weighted by Gasteiger charge is -2.30. The number of alkyl halides is 2. The Morgan fingerprint density at radius 2 is 1.39 bits per heavy atom. The maximum absolute atomic E-state index is 17.0. The minimum absolute atomic E-state index is 0.0251. The van der Waals surface area contributed by atoms with Crippen LogP contribution in [0.1, 0.15) is 42.5 Å². The van der Waals surface area contributed by atoms with Gasteiger partial charge in [0.2, 0.25) is 5.91 Å². The molecule has 3 fully saturated rings. The zero-order valence-electron chi connectivity index (χ0n) is 45.5. The average molecular weight is 1210 g/mol. The van der Waals surface area contributed by atoms with Gasteiger partial charge >= 0.3 is 6.80 Å². The van der Waals surface area contributed by atoms with Gasteiger partial charge in [0, 0.05) is 29.5 Å². The molecule has 4 N–H and O–H groups in total. The number of amides is 1. The number of para-hydroxylation sites is 1. The summed E-state index contributed by atoms with van der Waals surface area (Å²) in [6.45, 7) is -0.990. The molecule has 4 aliphatic rings. The molecule has 0 bridgehead atoms. The number of ether oxygens (including phenoxy) is 5. The van der Waals surface area contributed by atoms with Gasteiger partial charge in [-0.2, -0.15) is 0 Å². The average Bonchev–Trinajstić information content (AvgIpc) is 2.03. The van der Waals surface area contributed by atoms with Crippen molar-refractivity contribution < 1.29 is 64.5 Å². The second-order valence-corrected chi connectivity index (χ2v) is 26.2. The monoisotopic (exact) mass is 1210 g/mol. The molecule has 31 heteroatoms. The minimum Gasteiger partial charge on any atom is -0.397 e. The number of nitrogens with two attached hydrogens (primary N) is 2. The van der Waals surface area contributed by atoms with E-state index in [-0.39, 0.29) is 40.9 Å². The molecule has 84 heavy (non-hydrogen) atoms. The summed E-state index contributed by atoms with van der Waals surface area (Å²) in [5.41, 5.74) is 20.0. The normalized spacial score (nSPS) is 26.1. The highest BCUT2D eigenvalue weighted by Crippen LogP contribution is 2.65. The number of nitrogen functional groups attached to an aromatic ring is 2. The first-order valence-electron chi connectivity index (χ1n) is 27.1. The highest BCUT2D eigenvalue weighted by atomic mass is 32.7. The zero-order chi connectivity index (χ0) is 58.1. The van der Waals surface area contributed by atoms with Crippen LogP contribution in [0, 0.1) is 0 Å². The van der Waals surface area contributed by atoms with Crippen molar-refractivity contribution in [2.75, 3.05) is 62.6 Å². The SMILES string of the molecule is B[P@@]1(=O)OC[C@H]2O[C@@H](n3cnc4c(N)ccnc43)[C@H](F)[C@@H]2O[P@@](=O)(SCc2ccc(COCCOCCOCCn3nnc4c3-c3ccccc3CN(C(=O)CC)c3ccccc3-4)cc2)OC[C@H]2O[C@@H](n3cnc4c(N)ncnc43)[C@H](F)[C@@H]2O1. The largest absolute Gasteiger partial charge is 0.397 e. The topological polar surface area (TPSA) is 295 Å². The molecule has 0 unspecified atom stereocenters. The number of halogens is 2. The van der Waals surface area contributed by atoms with Crippen LogP contribution in [0.5, 0.6) is 0 Å². The fraction of sp³-hybridized carbons (Fsp3) is 0.396. The molecule has 3 saturated heterocycles. The smallest absolute Gasteiger partial charge is 0.389 e. The third-order valence-corrected chi connectivity index (χ3v) is 19.6. The van der Waals surface area contributed by atoms with E-state index in [1.807, 2.05) is 89.3 Å². The van der Waals surface area contributed by atoms with Gasteiger partial charge in [0.05, 0.1) is 95.7 Å². The predicted octanol–water partition coefficient (Wildman–Crippen LogP) is 6.94. The Morgan fingerprint density at radius 1 is 0.750 bits per heavy atom. The molecule has 10 atom stereocenters. The molecule has 4 aliphatic heterocycles. The summed E-state index contributed by atoms with van der Waals surface area (Å²) in [6, 6.07) is 24.7. The Balaban J connectivity index is 0.656. The predicted molar refractivity (Wildman–Crippen MR) is 306 cm³/mol. The van der Waals surface area contributed by atoms with Crippen molar-refractivity contribution >= 4 is 78.6 Å². The van der Waals surface area contributed by atoms with E-state index in [0.29, 0.717) is 75.0 Å². The lowest BCUT2D eigenvalue weighted by Crippen LogP contribution is -2.37. The summed E-state index contributed by atoms with van der Waals surface area (Å²) < 4.78 is 121. The number of hydrogen-bond acceptors (Lipinski definition) is 22. The van der Waals surface area contributed by atoms with Crippen LogP contribution in [0.4, 0.5) is 26.0 Å². The molecule has 8 aromatic rings. The summed E-state index contributed by atoms with van der Waals surface area (Å²) in [7, 11) is -3.05. The lowest BCUT2D eigenvalue weighted by atomic mass is 9.95. The quantitative estimate of drug-likeness (QED) is 0.0530. The van der Waals surface area contributed by atoms with E-state index in [4.69, 9.17) is 53.2 Å². The standard InChI is InChI=1S/C53H58BF2N13O12P2S/c1-2-40(70)66-23-33-7-3-4-8-34(33)46-43(35-9-5-6-10-37(35)66)64-65-69(46)17-18-73-19-20-74-21-22-75-24-31-11-13-32(14-12-31)27-84-83(72)77-26-39-47(41(55)52(79-39)68-30-63-45-49(58)60-28-61-51(45)68)80-82(54,71)76-25-38-48(81-83)42(56)53(78-38)67-29-62-44-36(57)15-16-59-50(44)67/h3-16,28-30,38-39,41-42,47-48,52-53H,2,17-27,54H2,1H3,(H2,57,59)(H2,58,60,61)/t38-,39-,41-,42-,47-,48-,52-,53-,82-,83+/m1/s1. The van der Waals surface area contributed by atoms with Crippen molar-refractivity contribution in [2.24, 2.45) is 0 Å². The molecular weight excluding hydrogens is 1150 g/mol. The Morgan fingerprint density at radius 3 is 2.14 bits per heavy atom. The van der Waals surface area contributed by atoms with Gasteiger partial charge in [-0.25, -0.2) is 42.9 Å². The van der Waals surface area contributed by atoms with E-state index in [2.05, 4.69) is 35.2 Å². The Kier molecular flexibility index (Phi) is 17.1. The van der Waals surface area contributed by atoms with Gasteiger partial charge in [-0.3, -0.25) is 27.5 Å². The molecule has 1 amide bonds. The number of fused-ring (bicyclic) bond motifs is 9. The van der Waals surface area contributed by atoms with Crippen molar-refractivity contribution in [3.63, 3.8) is 0 Å². The van der Waals surface area contributed by atoms with Gasteiger partial charge in [0.15, 0.2) is 41.9 Å². The molecule has 5 aromatic heterocycles. The molecule has 0 aliphatic carbocycles. The molecule has 25 nitrogen and oxygen atoms in total. The number of imidazole rings is 2. The minimum atomic E-state index is -4.48. The van der Waals surface area contributed by atoms with Crippen molar-refractivity contribution in [3.05, 3.63) is 121 Å². The third-order valence-electron chi connectivity index (χ3n) is 14.7. The van der Waals surface area contributed by atoms with Gasteiger partial charge < -0.3 is 49.1 Å².